The summed E-state index contributed by atoms with van der Waals surface area (Å²) in [5.74, 6) is -0.331. The topological polar surface area (TPSA) is 47.6 Å². The Morgan fingerprint density at radius 1 is 1.44 bits per heavy atom. The van der Waals surface area contributed by atoms with Crippen LogP contribution in [0.4, 0.5) is 5.69 Å². The number of carbonyl (C=O) groups excluding carboxylic acids is 1. The van der Waals surface area contributed by atoms with Gasteiger partial charge in [0.05, 0.1) is 13.2 Å². The van der Waals surface area contributed by atoms with E-state index in [1.54, 1.807) is 21.0 Å². The van der Waals surface area contributed by atoms with Gasteiger partial charge in [-0.05, 0) is 41.9 Å². The van der Waals surface area contributed by atoms with Gasteiger partial charge >= 0.3 is 5.97 Å². The molecule has 0 aliphatic rings. The lowest BCUT2D eigenvalue weighted by atomic mass is 10.0. The number of ether oxygens (including phenoxy) is 2. The fourth-order valence-electron chi connectivity index (χ4n) is 1.58. The Kier molecular flexibility index (Phi) is 5.62. The van der Waals surface area contributed by atoms with Crippen molar-refractivity contribution in [2.24, 2.45) is 0 Å². The van der Waals surface area contributed by atoms with Crippen LogP contribution < -0.4 is 5.32 Å². The minimum absolute atomic E-state index is 0.229. The average molecular weight is 316 g/mol. The van der Waals surface area contributed by atoms with E-state index < -0.39 is 5.54 Å². The molecule has 1 rings (SSSR count). The van der Waals surface area contributed by atoms with Gasteiger partial charge in [0.2, 0.25) is 0 Å². The number of esters is 1. The molecule has 1 atom stereocenters. The summed E-state index contributed by atoms with van der Waals surface area (Å²) in [7, 11) is 1.55. The Hall–Kier alpha value is -1.07. The van der Waals surface area contributed by atoms with Crippen LogP contribution in [0.1, 0.15) is 13.8 Å². The molecular weight excluding hydrogens is 298 g/mol. The van der Waals surface area contributed by atoms with E-state index in [0.717, 1.165) is 10.2 Å². The first-order valence-electron chi connectivity index (χ1n) is 5.72. The quantitative estimate of drug-likeness (QED) is 0.820. The van der Waals surface area contributed by atoms with E-state index >= 15 is 0 Å². The van der Waals surface area contributed by atoms with Gasteiger partial charge in [0, 0.05) is 17.3 Å². The van der Waals surface area contributed by atoms with Gasteiger partial charge in [-0.15, -0.1) is 0 Å². The van der Waals surface area contributed by atoms with Crippen molar-refractivity contribution >= 4 is 27.6 Å². The van der Waals surface area contributed by atoms with Gasteiger partial charge in [0.15, 0.2) is 5.54 Å². The number of methoxy groups -OCH3 is 1. The molecule has 0 amide bonds. The maximum absolute atomic E-state index is 12.0. The van der Waals surface area contributed by atoms with Crippen molar-refractivity contribution in [2.45, 2.75) is 19.4 Å². The number of hydrogen-bond donors (Lipinski definition) is 1. The first-order chi connectivity index (χ1) is 8.53. The van der Waals surface area contributed by atoms with Crippen LogP contribution in [-0.2, 0) is 14.3 Å². The molecule has 1 aromatic rings. The molecule has 1 N–H and O–H groups in total. The van der Waals surface area contributed by atoms with Gasteiger partial charge in [0.25, 0.3) is 0 Å². The number of hydrogen-bond acceptors (Lipinski definition) is 4. The molecule has 100 valence electrons. The van der Waals surface area contributed by atoms with Crippen LogP contribution in [0.2, 0.25) is 0 Å². The first kappa shape index (κ1) is 15.0. The zero-order valence-electron chi connectivity index (χ0n) is 10.8. The number of anilines is 1. The maximum atomic E-state index is 12.0. The lowest BCUT2D eigenvalue weighted by Crippen LogP contribution is -2.48. The SMILES string of the molecule is CCOC(=O)C(C)(COC)Nc1ccccc1Br. The number of para-hydroxylation sites is 1. The van der Waals surface area contributed by atoms with Crippen LogP contribution in [0.25, 0.3) is 0 Å². The standard InChI is InChI=1S/C13H18BrNO3/c1-4-18-12(16)13(2,9-17-3)15-11-8-6-5-7-10(11)14/h5-8,15H,4,9H2,1-3H3. The molecular formula is C13H18BrNO3. The van der Waals surface area contributed by atoms with E-state index in [2.05, 4.69) is 21.2 Å². The van der Waals surface area contributed by atoms with Crippen LogP contribution in [0.5, 0.6) is 0 Å². The second-order valence-corrected chi connectivity index (χ2v) is 4.94. The van der Waals surface area contributed by atoms with Gasteiger partial charge < -0.3 is 14.8 Å². The highest BCUT2D eigenvalue weighted by atomic mass is 79.9. The van der Waals surface area contributed by atoms with E-state index in [1.165, 1.54) is 0 Å². The Bertz CT molecular complexity index is 411. The maximum Gasteiger partial charge on any atom is 0.333 e. The molecule has 0 saturated carbocycles. The molecule has 0 spiro atoms. The minimum atomic E-state index is -0.908. The van der Waals surface area contributed by atoms with E-state index in [4.69, 9.17) is 9.47 Å². The van der Waals surface area contributed by atoms with Crippen LogP contribution in [0, 0.1) is 0 Å². The molecule has 5 heteroatoms. The highest BCUT2D eigenvalue weighted by Gasteiger charge is 2.35. The summed E-state index contributed by atoms with van der Waals surface area (Å²) in [6.07, 6.45) is 0. The number of nitrogens with one attached hydrogen (secondary N) is 1. The van der Waals surface area contributed by atoms with Crippen molar-refractivity contribution in [1.29, 1.82) is 0 Å². The van der Waals surface area contributed by atoms with E-state index in [9.17, 15) is 4.79 Å². The molecule has 1 aromatic carbocycles. The second-order valence-electron chi connectivity index (χ2n) is 4.09. The van der Waals surface area contributed by atoms with E-state index in [-0.39, 0.29) is 12.6 Å². The summed E-state index contributed by atoms with van der Waals surface area (Å²) in [4.78, 5) is 12.0. The van der Waals surface area contributed by atoms with Crippen LogP contribution in [0.3, 0.4) is 0 Å². The molecule has 0 aromatic heterocycles. The average Bonchev–Trinajstić information content (AvgIpc) is 2.33. The number of halogens is 1. The third-order valence-corrected chi connectivity index (χ3v) is 3.13. The fourth-order valence-corrected chi connectivity index (χ4v) is 1.97. The summed E-state index contributed by atoms with van der Waals surface area (Å²) in [6, 6.07) is 7.59. The zero-order chi connectivity index (χ0) is 13.6. The highest BCUT2D eigenvalue weighted by Crippen LogP contribution is 2.25. The third kappa shape index (κ3) is 3.71. The Morgan fingerprint density at radius 3 is 2.67 bits per heavy atom. The molecule has 0 heterocycles. The third-order valence-electron chi connectivity index (χ3n) is 2.44. The van der Waals surface area contributed by atoms with Gasteiger partial charge in [-0.25, -0.2) is 4.79 Å². The zero-order valence-corrected chi connectivity index (χ0v) is 12.4. The lowest BCUT2D eigenvalue weighted by molar-refractivity contribution is -0.149. The molecule has 18 heavy (non-hydrogen) atoms. The first-order valence-corrected chi connectivity index (χ1v) is 6.51. The second kappa shape index (κ2) is 6.75. The van der Waals surface area contributed by atoms with Gasteiger partial charge in [-0.2, -0.15) is 0 Å². The predicted molar refractivity (Wildman–Crippen MR) is 74.7 cm³/mol. The van der Waals surface area contributed by atoms with E-state index in [0.29, 0.717) is 6.61 Å². The van der Waals surface area contributed by atoms with Crippen LogP contribution in [-0.4, -0.2) is 31.8 Å². The van der Waals surface area contributed by atoms with E-state index in [1.807, 2.05) is 24.3 Å². The number of benzene rings is 1. The summed E-state index contributed by atoms with van der Waals surface area (Å²) in [5, 5.41) is 3.16. The summed E-state index contributed by atoms with van der Waals surface area (Å²) < 4.78 is 11.1. The van der Waals surface area contributed by atoms with Crippen molar-refractivity contribution < 1.29 is 14.3 Å². The molecule has 0 aliphatic carbocycles. The number of carbonyl (C=O) groups is 1. The monoisotopic (exact) mass is 315 g/mol. The van der Waals surface area contributed by atoms with Crippen molar-refractivity contribution in [3.63, 3.8) is 0 Å². The van der Waals surface area contributed by atoms with Crippen molar-refractivity contribution in [2.75, 3.05) is 25.6 Å². The Morgan fingerprint density at radius 2 is 2.11 bits per heavy atom. The predicted octanol–water partition coefficient (Wildman–Crippen LogP) is 2.83. The molecule has 0 radical (unpaired) electrons. The minimum Gasteiger partial charge on any atom is -0.464 e. The van der Waals surface area contributed by atoms with Crippen molar-refractivity contribution in [3.05, 3.63) is 28.7 Å². The molecule has 0 bridgehead atoms. The fraction of sp³-hybridized carbons (Fsp3) is 0.462. The molecule has 0 fully saturated rings. The number of rotatable bonds is 6. The largest absolute Gasteiger partial charge is 0.464 e. The Labute approximate surface area is 116 Å². The van der Waals surface area contributed by atoms with Crippen molar-refractivity contribution in [1.82, 2.24) is 0 Å². The molecule has 1 unspecified atom stereocenters. The van der Waals surface area contributed by atoms with Gasteiger partial charge in [-0.1, -0.05) is 12.1 Å². The van der Waals surface area contributed by atoms with Gasteiger partial charge in [0.1, 0.15) is 0 Å². The smallest absolute Gasteiger partial charge is 0.333 e. The molecule has 0 aliphatic heterocycles. The molecule has 0 saturated heterocycles. The summed E-state index contributed by atoms with van der Waals surface area (Å²) in [5.41, 5.74) is -0.0839. The van der Waals surface area contributed by atoms with Crippen molar-refractivity contribution in [3.8, 4) is 0 Å². The summed E-state index contributed by atoms with van der Waals surface area (Å²) in [6.45, 7) is 4.11. The lowest BCUT2D eigenvalue weighted by Gasteiger charge is -2.29. The normalized spacial score (nSPS) is 13.8. The van der Waals surface area contributed by atoms with Gasteiger partial charge in [-0.3, -0.25) is 0 Å². The van der Waals surface area contributed by atoms with Crippen LogP contribution >= 0.6 is 15.9 Å². The molecule has 4 nitrogen and oxygen atoms in total. The summed E-state index contributed by atoms with van der Waals surface area (Å²) >= 11 is 3.43. The van der Waals surface area contributed by atoms with Crippen LogP contribution in [0.15, 0.2) is 28.7 Å². The highest BCUT2D eigenvalue weighted by molar-refractivity contribution is 9.10. The Balaban J connectivity index is 2.92.